The van der Waals surface area contributed by atoms with Crippen molar-refractivity contribution >= 4 is 57.6 Å². The van der Waals surface area contributed by atoms with Crippen molar-refractivity contribution in [1.82, 2.24) is 0 Å². The van der Waals surface area contributed by atoms with Crippen LogP contribution >= 0.6 is 34.8 Å². The van der Waals surface area contributed by atoms with Crippen molar-refractivity contribution in [3.8, 4) is 0 Å². The van der Waals surface area contributed by atoms with Crippen LogP contribution in [0.4, 0.5) is 22.7 Å². The molecule has 2 nitrogen and oxygen atoms in total. The third-order valence-corrected chi connectivity index (χ3v) is 9.75. The largest absolute Gasteiger partial charge is 0.399 e. The van der Waals surface area contributed by atoms with Gasteiger partial charge in [0.25, 0.3) is 0 Å². The Morgan fingerprint density at radius 3 is 1.08 bits per heavy atom. The number of benzene rings is 5. The number of rotatable bonds is 17. The number of nitrogens with two attached hydrogens (primary N) is 1. The standard InChI is InChI=1S/C26H29Cl2N.C14H23N.C7H7Cl/c1-2-3-4-5-6-7-8-21-9-15-24(16-10-21)29(25-17-11-22(27)12-18-25)26-19-13-23(28)14-20-26;1-2-3-4-5-6-7-8-13-9-11-14(15)12-10-13;1-6-2-4-7(8)5-3-6/h9-20H,2-8H2,1H3;9-12H,2-8,15H2,1H3;2-5H,1H3. The maximum Gasteiger partial charge on any atom is 0.0462 e. The molecule has 0 saturated heterocycles. The molecule has 52 heavy (non-hydrogen) atoms. The summed E-state index contributed by atoms with van der Waals surface area (Å²) in [6.07, 6.45) is 18.5. The summed E-state index contributed by atoms with van der Waals surface area (Å²) in [6.45, 7) is 6.56. The first-order valence-electron chi connectivity index (χ1n) is 19.3. The predicted molar refractivity (Wildman–Crippen MR) is 232 cm³/mol. The van der Waals surface area contributed by atoms with Gasteiger partial charge in [-0.15, -0.1) is 0 Å². The van der Waals surface area contributed by atoms with Gasteiger partial charge in [0.2, 0.25) is 0 Å². The fourth-order valence-electron chi connectivity index (χ4n) is 5.88. The van der Waals surface area contributed by atoms with Gasteiger partial charge in [-0.2, -0.15) is 0 Å². The molecule has 2 N–H and O–H groups in total. The Labute approximate surface area is 330 Å². The zero-order valence-electron chi connectivity index (χ0n) is 31.6. The number of halogens is 3. The number of unbranched alkanes of at least 4 members (excludes halogenated alkanes) is 10. The number of aryl methyl sites for hydroxylation is 3. The summed E-state index contributed by atoms with van der Waals surface area (Å²) in [5, 5.41) is 2.27. The molecule has 0 spiro atoms. The van der Waals surface area contributed by atoms with E-state index in [1.807, 2.05) is 91.9 Å². The lowest BCUT2D eigenvalue weighted by Crippen LogP contribution is -2.09. The van der Waals surface area contributed by atoms with Crippen LogP contribution in [-0.4, -0.2) is 0 Å². The molecular weight excluding hydrogens is 699 g/mol. The fourth-order valence-corrected chi connectivity index (χ4v) is 6.25. The molecule has 278 valence electrons. The quantitative estimate of drug-likeness (QED) is 0.0756. The molecule has 0 bridgehead atoms. The second-order valence-electron chi connectivity index (χ2n) is 13.5. The van der Waals surface area contributed by atoms with Crippen LogP contribution in [0, 0.1) is 6.92 Å². The van der Waals surface area contributed by atoms with E-state index in [0.717, 1.165) is 44.2 Å². The smallest absolute Gasteiger partial charge is 0.0462 e. The molecular formula is C47H59Cl3N2. The topological polar surface area (TPSA) is 29.3 Å². The molecule has 0 atom stereocenters. The third-order valence-electron chi connectivity index (χ3n) is 8.99. The van der Waals surface area contributed by atoms with Crippen molar-refractivity contribution in [1.29, 1.82) is 0 Å². The molecule has 0 amide bonds. The molecule has 5 rings (SSSR count). The lowest BCUT2D eigenvalue weighted by molar-refractivity contribution is 0.607. The molecule has 0 radical (unpaired) electrons. The van der Waals surface area contributed by atoms with Gasteiger partial charge < -0.3 is 10.6 Å². The van der Waals surface area contributed by atoms with Crippen LogP contribution in [0.3, 0.4) is 0 Å². The molecule has 0 fully saturated rings. The summed E-state index contributed by atoms with van der Waals surface area (Å²) >= 11 is 17.8. The van der Waals surface area contributed by atoms with Crippen molar-refractivity contribution in [2.75, 3.05) is 10.6 Å². The highest BCUT2D eigenvalue weighted by molar-refractivity contribution is 6.31. The van der Waals surface area contributed by atoms with Crippen molar-refractivity contribution in [2.45, 2.75) is 111 Å². The summed E-state index contributed by atoms with van der Waals surface area (Å²) in [6, 6.07) is 40.8. The van der Waals surface area contributed by atoms with Gasteiger partial charge in [-0.3, -0.25) is 0 Å². The first kappa shape index (κ1) is 43.0. The van der Waals surface area contributed by atoms with Crippen LogP contribution in [0.25, 0.3) is 0 Å². The molecule has 0 heterocycles. The zero-order valence-corrected chi connectivity index (χ0v) is 33.9. The Morgan fingerprint density at radius 2 is 0.712 bits per heavy atom. The van der Waals surface area contributed by atoms with Crippen molar-refractivity contribution in [3.05, 3.63) is 153 Å². The Morgan fingerprint density at radius 1 is 0.404 bits per heavy atom. The highest BCUT2D eigenvalue weighted by Gasteiger charge is 2.12. The summed E-state index contributed by atoms with van der Waals surface area (Å²) < 4.78 is 0. The van der Waals surface area contributed by atoms with Gasteiger partial charge >= 0.3 is 0 Å². The van der Waals surface area contributed by atoms with Crippen LogP contribution in [0.5, 0.6) is 0 Å². The van der Waals surface area contributed by atoms with E-state index in [1.54, 1.807) is 0 Å². The number of anilines is 4. The van der Waals surface area contributed by atoms with E-state index in [0.29, 0.717) is 0 Å². The third kappa shape index (κ3) is 17.4. The van der Waals surface area contributed by atoms with Gasteiger partial charge in [0.15, 0.2) is 0 Å². The first-order chi connectivity index (χ1) is 25.3. The molecule has 0 unspecified atom stereocenters. The van der Waals surface area contributed by atoms with E-state index in [4.69, 9.17) is 40.5 Å². The molecule has 0 aliphatic rings. The molecule has 5 aromatic rings. The Bertz CT molecular complexity index is 1550. The molecule has 0 aliphatic carbocycles. The predicted octanol–water partition coefficient (Wildman–Crippen LogP) is 16.2. The second-order valence-corrected chi connectivity index (χ2v) is 14.8. The minimum Gasteiger partial charge on any atom is -0.399 e. The van der Waals surface area contributed by atoms with Crippen LogP contribution in [0.1, 0.15) is 108 Å². The molecule has 0 aromatic heterocycles. The van der Waals surface area contributed by atoms with E-state index >= 15 is 0 Å². The van der Waals surface area contributed by atoms with E-state index in [2.05, 4.69) is 55.1 Å². The van der Waals surface area contributed by atoms with Crippen LogP contribution in [0.2, 0.25) is 15.1 Å². The number of nitrogen functional groups attached to an aromatic ring is 1. The van der Waals surface area contributed by atoms with E-state index in [9.17, 15) is 0 Å². The monoisotopic (exact) mass is 756 g/mol. The average Bonchev–Trinajstić information content (AvgIpc) is 3.16. The number of hydrogen-bond donors (Lipinski definition) is 1. The summed E-state index contributed by atoms with van der Waals surface area (Å²) in [4.78, 5) is 2.22. The van der Waals surface area contributed by atoms with Crippen LogP contribution in [-0.2, 0) is 12.8 Å². The van der Waals surface area contributed by atoms with E-state index in [1.165, 1.54) is 100 Å². The number of hydrogen-bond acceptors (Lipinski definition) is 2. The lowest BCUT2D eigenvalue weighted by atomic mass is 10.0. The lowest BCUT2D eigenvalue weighted by Gasteiger charge is -2.25. The van der Waals surface area contributed by atoms with Gasteiger partial charge in [0, 0.05) is 37.8 Å². The average molecular weight is 758 g/mol. The highest BCUT2D eigenvalue weighted by Crippen LogP contribution is 2.35. The SMILES string of the molecule is CCCCCCCCc1ccc(N(c2ccc(Cl)cc2)c2ccc(Cl)cc2)cc1.CCCCCCCCc1ccc(N)cc1.Cc1ccc(Cl)cc1. The number of nitrogens with zero attached hydrogens (tertiary/aromatic N) is 1. The fraction of sp³-hybridized carbons (Fsp3) is 0.362. The minimum atomic E-state index is 0.735. The Kier molecular flexibility index (Phi) is 21.1. The molecule has 0 aliphatic heterocycles. The normalized spacial score (nSPS) is 10.5. The van der Waals surface area contributed by atoms with E-state index in [-0.39, 0.29) is 0 Å². The summed E-state index contributed by atoms with van der Waals surface area (Å²) in [7, 11) is 0. The zero-order chi connectivity index (χ0) is 37.4. The van der Waals surface area contributed by atoms with Gasteiger partial charge in [-0.05, 0) is 129 Å². The maximum atomic E-state index is 6.10. The van der Waals surface area contributed by atoms with Gasteiger partial charge in [-0.1, -0.05) is 155 Å². The van der Waals surface area contributed by atoms with Gasteiger partial charge in [0.1, 0.15) is 0 Å². The van der Waals surface area contributed by atoms with Crippen molar-refractivity contribution < 1.29 is 0 Å². The molecule has 5 heteroatoms. The van der Waals surface area contributed by atoms with Crippen molar-refractivity contribution in [3.63, 3.8) is 0 Å². The van der Waals surface area contributed by atoms with Crippen LogP contribution in [0.15, 0.2) is 121 Å². The van der Waals surface area contributed by atoms with Crippen LogP contribution < -0.4 is 10.6 Å². The Balaban J connectivity index is 0.000000261. The molecule has 5 aromatic carbocycles. The summed E-state index contributed by atoms with van der Waals surface area (Å²) in [5.74, 6) is 0. The van der Waals surface area contributed by atoms with Crippen molar-refractivity contribution in [2.24, 2.45) is 0 Å². The highest BCUT2D eigenvalue weighted by atomic mass is 35.5. The van der Waals surface area contributed by atoms with E-state index < -0.39 is 0 Å². The van der Waals surface area contributed by atoms with Gasteiger partial charge in [0.05, 0.1) is 0 Å². The Hall–Kier alpha value is -3.43. The minimum absolute atomic E-state index is 0.735. The first-order valence-corrected chi connectivity index (χ1v) is 20.4. The second kappa shape index (κ2) is 25.5. The summed E-state index contributed by atoms with van der Waals surface area (Å²) in [5.41, 5.74) is 13.8. The molecule has 0 saturated carbocycles. The van der Waals surface area contributed by atoms with Gasteiger partial charge in [-0.25, -0.2) is 0 Å². The maximum absolute atomic E-state index is 6.10.